The van der Waals surface area contributed by atoms with E-state index in [0.29, 0.717) is 5.96 Å². The van der Waals surface area contributed by atoms with Gasteiger partial charge in [0.25, 0.3) is 5.91 Å². The molecule has 1 atom stereocenters. The highest BCUT2D eigenvalue weighted by atomic mass is 32.1. The highest BCUT2D eigenvalue weighted by Crippen LogP contribution is 2.22. The van der Waals surface area contributed by atoms with Gasteiger partial charge in [-0.25, -0.2) is 9.98 Å². The van der Waals surface area contributed by atoms with Gasteiger partial charge in [-0.2, -0.15) is 0 Å². The Morgan fingerprint density at radius 2 is 2.31 bits per heavy atom. The number of carbonyl (C=O) groups excluding carboxylic acids is 1. The minimum Gasteiger partial charge on any atom is -0.354 e. The lowest BCUT2D eigenvalue weighted by Gasteiger charge is -2.07. The van der Waals surface area contributed by atoms with Crippen LogP contribution in [0.4, 0.5) is 0 Å². The molecule has 1 amide bonds. The topological polar surface area (TPSA) is 66.4 Å². The summed E-state index contributed by atoms with van der Waals surface area (Å²) in [6.07, 6.45) is 0. The van der Waals surface area contributed by atoms with Crippen LogP contribution < -0.4 is 10.6 Å². The van der Waals surface area contributed by atoms with Gasteiger partial charge in [0.15, 0.2) is 12.0 Å². The molecular weight excluding hydrogens is 224 g/mol. The van der Waals surface area contributed by atoms with Crippen molar-refractivity contribution in [2.45, 2.75) is 32.9 Å². The van der Waals surface area contributed by atoms with Gasteiger partial charge >= 0.3 is 0 Å². The fraction of sp³-hybridized carbons (Fsp3) is 0.500. The largest absolute Gasteiger partial charge is 0.354 e. The van der Waals surface area contributed by atoms with Crippen molar-refractivity contribution >= 4 is 23.2 Å². The zero-order chi connectivity index (χ0) is 11.7. The van der Waals surface area contributed by atoms with Crippen LogP contribution in [0, 0.1) is 6.92 Å². The van der Waals surface area contributed by atoms with Gasteiger partial charge in [-0.15, -0.1) is 11.3 Å². The van der Waals surface area contributed by atoms with Crippen LogP contribution in [0.3, 0.4) is 0 Å². The van der Waals surface area contributed by atoms with E-state index in [1.807, 2.05) is 26.2 Å². The van der Waals surface area contributed by atoms with Crippen molar-refractivity contribution in [2.24, 2.45) is 4.99 Å². The number of carbonyl (C=O) groups is 1. The number of nitrogens with zero attached hydrogens (tertiary/aromatic N) is 2. The summed E-state index contributed by atoms with van der Waals surface area (Å²) in [5, 5.41) is 8.60. The maximum atomic E-state index is 11.7. The van der Waals surface area contributed by atoms with Crippen LogP contribution in [0.5, 0.6) is 0 Å². The van der Waals surface area contributed by atoms with Crippen molar-refractivity contribution in [2.75, 3.05) is 0 Å². The first-order valence-electron chi connectivity index (χ1n) is 5.13. The SMILES string of the molecule is Cc1nc(C2N=C(NC(C)C)NC2=O)cs1. The number of thiazole rings is 1. The Labute approximate surface area is 98.0 Å². The molecule has 0 spiro atoms. The molecule has 6 heteroatoms. The van der Waals surface area contributed by atoms with Crippen molar-refractivity contribution in [3.05, 3.63) is 16.1 Å². The molecule has 86 valence electrons. The van der Waals surface area contributed by atoms with Crippen molar-refractivity contribution in [1.29, 1.82) is 0 Å². The summed E-state index contributed by atoms with van der Waals surface area (Å²) in [4.78, 5) is 20.2. The first-order chi connectivity index (χ1) is 7.56. The quantitative estimate of drug-likeness (QED) is 0.807. The van der Waals surface area contributed by atoms with Gasteiger partial charge in [-0.3, -0.25) is 10.1 Å². The molecule has 1 aromatic rings. The summed E-state index contributed by atoms with van der Waals surface area (Å²) >= 11 is 1.53. The zero-order valence-corrected chi connectivity index (χ0v) is 10.3. The Balaban J connectivity index is 2.17. The monoisotopic (exact) mass is 238 g/mol. The van der Waals surface area contributed by atoms with E-state index in [0.717, 1.165) is 10.7 Å². The number of aliphatic imine (C=N–C) groups is 1. The smallest absolute Gasteiger partial charge is 0.257 e. The molecule has 0 aliphatic carbocycles. The Morgan fingerprint density at radius 1 is 1.56 bits per heavy atom. The zero-order valence-electron chi connectivity index (χ0n) is 9.44. The third-order valence-corrected chi connectivity index (χ3v) is 2.88. The third kappa shape index (κ3) is 2.21. The molecule has 0 bridgehead atoms. The lowest BCUT2D eigenvalue weighted by molar-refractivity contribution is -0.120. The summed E-state index contributed by atoms with van der Waals surface area (Å²) in [6.45, 7) is 5.90. The molecular formula is C10H14N4OS. The third-order valence-electron chi connectivity index (χ3n) is 2.09. The van der Waals surface area contributed by atoms with E-state index >= 15 is 0 Å². The van der Waals surface area contributed by atoms with Gasteiger partial charge in [0.05, 0.1) is 10.7 Å². The van der Waals surface area contributed by atoms with E-state index in [-0.39, 0.29) is 11.9 Å². The molecule has 0 fully saturated rings. The van der Waals surface area contributed by atoms with E-state index in [1.165, 1.54) is 11.3 Å². The second-order valence-corrected chi connectivity index (χ2v) is 5.02. The van der Waals surface area contributed by atoms with Crippen LogP contribution in [-0.4, -0.2) is 22.9 Å². The summed E-state index contributed by atoms with van der Waals surface area (Å²) in [5.74, 6) is 0.420. The molecule has 2 heterocycles. The van der Waals surface area contributed by atoms with Gasteiger partial charge in [0, 0.05) is 11.4 Å². The average Bonchev–Trinajstić information content (AvgIpc) is 2.72. The van der Waals surface area contributed by atoms with Crippen LogP contribution in [0.15, 0.2) is 10.4 Å². The second kappa shape index (κ2) is 4.21. The molecule has 5 nitrogen and oxygen atoms in total. The maximum absolute atomic E-state index is 11.7. The van der Waals surface area contributed by atoms with Gasteiger partial charge in [-0.1, -0.05) is 0 Å². The minimum atomic E-state index is -0.494. The molecule has 2 N–H and O–H groups in total. The van der Waals surface area contributed by atoms with E-state index in [4.69, 9.17) is 0 Å². The van der Waals surface area contributed by atoms with Crippen LogP contribution in [-0.2, 0) is 4.79 Å². The predicted molar refractivity (Wildman–Crippen MR) is 63.4 cm³/mol. The molecule has 0 radical (unpaired) electrons. The summed E-state index contributed by atoms with van der Waals surface area (Å²) in [5.41, 5.74) is 0.723. The van der Waals surface area contributed by atoms with Gasteiger partial charge in [0.2, 0.25) is 0 Å². The van der Waals surface area contributed by atoms with Gasteiger partial charge in [0.1, 0.15) is 0 Å². The Morgan fingerprint density at radius 3 is 2.88 bits per heavy atom. The van der Waals surface area contributed by atoms with E-state index < -0.39 is 6.04 Å². The van der Waals surface area contributed by atoms with Crippen LogP contribution in [0.1, 0.15) is 30.6 Å². The summed E-state index contributed by atoms with van der Waals surface area (Å²) in [6, 6.07) is -0.249. The van der Waals surface area contributed by atoms with E-state index in [1.54, 1.807) is 0 Å². The minimum absolute atomic E-state index is 0.117. The number of amides is 1. The number of nitrogens with one attached hydrogen (secondary N) is 2. The molecule has 1 aliphatic rings. The van der Waals surface area contributed by atoms with Gasteiger partial charge < -0.3 is 5.32 Å². The van der Waals surface area contributed by atoms with Crippen LogP contribution in [0.2, 0.25) is 0 Å². The molecule has 16 heavy (non-hydrogen) atoms. The molecule has 1 unspecified atom stereocenters. The Bertz CT molecular complexity index is 438. The van der Waals surface area contributed by atoms with Crippen LogP contribution in [0.25, 0.3) is 0 Å². The molecule has 1 aliphatic heterocycles. The number of aryl methyl sites for hydroxylation is 1. The van der Waals surface area contributed by atoms with Crippen molar-refractivity contribution < 1.29 is 4.79 Å². The average molecular weight is 238 g/mol. The standard InChI is InChI=1S/C10H14N4OS/c1-5(2)11-10-13-8(9(15)14-10)7-4-16-6(3)12-7/h4-5,8H,1-3H3,(H2,11,13,14,15). The first-order valence-corrected chi connectivity index (χ1v) is 6.01. The van der Waals surface area contributed by atoms with Crippen molar-refractivity contribution in [1.82, 2.24) is 15.6 Å². The summed E-state index contributed by atoms with van der Waals surface area (Å²) < 4.78 is 0. The number of guanidine groups is 1. The van der Waals surface area contributed by atoms with Crippen molar-refractivity contribution in [3.8, 4) is 0 Å². The summed E-state index contributed by atoms with van der Waals surface area (Å²) in [7, 11) is 0. The molecule has 0 saturated carbocycles. The number of rotatable bonds is 2. The fourth-order valence-corrected chi connectivity index (χ4v) is 2.09. The molecule has 0 aromatic carbocycles. The van der Waals surface area contributed by atoms with Gasteiger partial charge in [-0.05, 0) is 20.8 Å². The van der Waals surface area contributed by atoms with E-state index in [2.05, 4.69) is 20.6 Å². The lowest BCUT2D eigenvalue weighted by atomic mass is 10.2. The molecule has 2 rings (SSSR count). The Hall–Kier alpha value is -1.43. The normalized spacial score (nSPS) is 19.9. The number of aromatic nitrogens is 1. The molecule has 0 saturated heterocycles. The van der Waals surface area contributed by atoms with E-state index in [9.17, 15) is 4.79 Å². The van der Waals surface area contributed by atoms with Crippen molar-refractivity contribution in [3.63, 3.8) is 0 Å². The number of hydrogen-bond donors (Lipinski definition) is 2. The second-order valence-electron chi connectivity index (χ2n) is 3.96. The van der Waals surface area contributed by atoms with Crippen LogP contribution >= 0.6 is 11.3 Å². The Kier molecular flexibility index (Phi) is 2.91. The fourth-order valence-electron chi connectivity index (χ4n) is 1.46. The lowest BCUT2D eigenvalue weighted by Crippen LogP contribution is -2.40. The number of hydrogen-bond acceptors (Lipinski definition) is 5. The molecule has 1 aromatic heterocycles. The first kappa shape index (κ1) is 11.1. The highest BCUT2D eigenvalue weighted by molar-refractivity contribution is 7.09. The highest BCUT2D eigenvalue weighted by Gasteiger charge is 2.29. The maximum Gasteiger partial charge on any atom is 0.257 e. The predicted octanol–water partition coefficient (Wildman–Crippen LogP) is 0.976.